The van der Waals surface area contributed by atoms with E-state index in [4.69, 9.17) is 0 Å². The van der Waals surface area contributed by atoms with E-state index in [1.165, 1.54) is 30.4 Å². The standard InChI is InChI=1S/C9H11N.C2H6/c1-7-5-8-3-2-4-9(8)6-10-7;1-2/h5-6H,2-4H2,1H3;1-2H3. The van der Waals surface area contributed by atoms with Gasteiger partial charge in [0.15, 0.2) is 0 Å². The van der Waals surface area contributed by atoms with Gasteiger partial charge in [-0.1, -0.05) is 13.8 Å². The van der Waals surface area contributed by atoms with Crippen LogP contribution in [0.3, 0.4) is 0 Å². The van der Waals surface area contributed by atoms with E-state index in [-0.39, 0.29) is 0 Å². The van der Waals surface area contributed by atoms with E-state index < -0.39 is 0 Å². The quantitative estimate of drug-likeness (QED) is 0.573. The van der Waals surface area contributed by atoms with Crippen molar-refractivity contribution in [3.8, 4) is 0 Å². The Bertz CT molecular complexity index is 253. The van der Waals surface area contributed by atoms with Crippen LogP contribution in [-0.4, -0.2) is 4.98 Å². The molecular formula is C11H17N. The normalized spacial score (nSPS) is 13.2. The molecule has 1 heteroatoms. The molecule has 0 aliphatic heterocycles. The second-order valence-corrected chi connectivity index (χ2v) is 2.95. The Morgan fingerprint density at radius 3 is 2.58 bits per heavy atom. The molecule has 1 aliphatic carbocycles. The van der Waals surface area contributed by atoms with Gasteiger partial charge in [-0.25, -0.2) is 0 Å². The number of hydrogen-bond donors (Lipinski definition) is 0. The highest BCUT2D eigenvalue weighted by Gasteiger charge is 2.09. The fourth-order valence-corrected chi connectivity index (χ4v) is 1.57. The molecule has 0 N–H and O–H groups in total. The summed E-state index contributed by atoms with van der Waals surface area (Å²) in [5.74, 6) is 0. The summed E-state index contributed by atoms with van der Waals surface area (Å²) < 4.78 is 0. The zero-order valence-electron chi connectivity index (χ0n) is 8.22. The van der Waals surface area contributed by atoms with Crippen molar-refractivity contribution in [2.24, 2.45) is 0 Å². The summed E-state index contributed by atoms with van der Waals surface area (Å²) >= 11 is 0. The minimum absolute atomic E-state index is 1.15. The van der Waals surface area contributed by atoms with Crippen molar-refractivity contribution >= 4 is 0 Å². The Balaban J connectivity index is 0.000000336. The van der Waals surface area contributed by atoms with Gasteiger partial charge in [-0.15, -0.1) is 0 Å². The van der Waals surface area contributed by atoms with Crippen LogP contribution in [0.5, 0.6) is 0 Å². The van der Waals surface area contributed by atoms with Crippen LogP contribution < -0.4 is 0 Å². The van der Waals surface area contributed by atoms with Crippen LogP contribution in [0, 0.1) is 6.92 Å². The fraction of sp³-hybridized carbons (Fsp3) is 0.545. The zero-order chi connectivity index (χ0) is 8.97. The van der Waals surface area contributed by atoms with Crippen molar-refractivity contribution in [1.29, 1.82) is 0 Å². The summed E-state index contributed by atoms with van der Waals surface area (Å²) in [7, 11) is 0. The minimum Gasteiger partial charge on any atom is -0.261 e. The SMILES string of the molecule is CC.Cc1cc2c(cn1)CCC2. The third-order valence-electron chi connectivity index (χ3n) is 2.11. The van der Waals surface area contributed by atoms with Gasteiger partial charge in [-0.3, -0.25) is 4.98 Å². The number of hydrogen-bond acceptors (Lipinski definition) is 1. The molecule has 0 spiro atoms. The predicted molar refractivity (Wildman–Crippen MR) is 52.3 cm³/mol. The lowest BCUT2D eigenvalue weighted by molar-refractivity contribution is 0.911. The van der Waals surface area contributed by atoms with Crippen molar-refractivity contribution in [1.82, 2.24) is 4.98 Å². The largest absolute Gasteiger partial charge is 0.261 e. The summed E-state index contributed by atoms with van der Waals surface area (Å²) in [4.78, 5) is 4.25. The summed E-state index contributed by atoms with van der Waals surface area (Å²) in [6, 6.07) is 2.21. The molecule has 0 atom stereocenters. The average molecular weight is 163 g/mol. The Morgan fingerprint density at radius 2 is 1.83 bits per heavy atom. The Kier molecular flexibility index (Phi) is 3.27. The van der Waals surface area contributed by atoms with Crippen molar-refractivity contribution in [2.75, 3.05) is 0 Å². The topological polar surface area (TPSA) is 12.9 Å². The Morgan fingerprint density at radius 1 is 1.17 bits per heavy atom. The highest BCUT2D eigenvalue weighted by atomic mass is 14.7. The van der Waals surface area contributed by atoms with Crippen LogP contribution in [0.15, 0.2) is 12.3 Å². The first kappa shape index (κ1) is 9.24. The lowest BCUT2D eigenvalue weighted by Crippen LogP contribution is -1.86. The lowest BCUT2D eigenvalue weighted by atomic mass is 10.2. The van der Waals surface area contributed by atoms with Gasteiger partial charge in [-0.2, -0.15) is 0 Å². The maximum Gasteiger partial charge on any atom is 0.0375 e. The van der Waals surface area contributed by atoms with Crippen LogP contribution in [-0.2, 0) is 12.8 Å². The van der Waals surface area contributed by atoms with Gasteiger partial charge < -0.3 is 0 Å². The van der Waals surface area contributed by atoms with Crippen molar-refractivity contribution in [3.05, 3.63) is 29.1 Å². The molecule has 2 rings (SSSR count). The minimum atomic E-state index is 1.15. The number of pyridine rings is 1. The molecule has 0 saturated carbocycles. The number of aromatic nitrogens is 1. The first-order chi connectivity index (χ1) is 5.86. The number of rotatable bonds is 0. The molecule has 0 fully saturated rings. The second-order valence-electron chi connectivity index (χ2n) is 2.95. The van der Waals surface area contributed by atoms with Crippen LogP contribution in [0.2, 0.25) is 0 Å². The lowest BCUT2D eigenvalue weighted by Gasteiger charge is -1.97. The number of aryl methyl sites for hydroxylation is 3. The first-order valence-corrected chi connectivity index (χ1v) is 4.80. The third kappa shape index (κ3) is 1.84. The van der Waals surface area contributed by atoms with E-state index in [9.17, 15) is 0 Å². The fourth-order valence-electron chi connectivity index (χ4n) is 1.57. The molecule has 66 valence electrons. The zero-order valence-corrected chi connectivity index (χ0v) is 8.22. The molecule has 1 heterocycles. The molecule has 0 bridgehead atoms. The summed E-state index contributed by atoms with van der Waals surface area (Å²) in [6.07, 6.45) is 5.85. The highest BCUT2D eigenvalue weighted by molar-refractivity contribution is 5.29. The first-order valence-electron chi connectivity index (χ1n) is 4.80. The monoisotopic (exact) mass is 163 g/mol. The van der Waals surface area contributed by atoms with Gasteiger partial charge in [0.1, 0.15) is 0 Å². The number of fused-ring (bicyclic) bond motifs is 1. The highest BCUT2D eigenvalue weighted by Crippen LogP contribution is 2.20. The van der Waals surface area contributed by atoms with Gasteiger partial charge in [0, 0.05) is 11.9 Å². The summed E-state index contributed by atoms with van der Waals surface area (Å²) in [6.45, 7) is 6.05. The second kappa shape index (κ2) is 4.24. The van der Waals surface area contributed by atoms with Crippen LogP contribution in [0.4, 0.5) is 0 Å². The summed E-state index contributed by atoms with van der Waals surface area (Å²) in [5, 5.41) is 0. The molecule has 0 unspecified atom stereocenters. The van der Waals surface area contributed by atoms with Gasteiger partial charge in [0.2, 0.25) is 0 Å². The molecular weight excluding hydrogens is 146 g/mol. The van der Waals surface area contributed by atoms with E-state index in [0.29, 0.717) is 0 Å². The van der Waals surface area contributed by atoms with Gasteiger partial charge >= 0.3 is 0 Å². The molecule has 0 aromatic carbocycles. The molecule has 0 saturated heterocycles. The number of nitrogens with zero attached hydrogens (tertiary/aromatic N) is 1. The molecule has 1 aromatic rings. The molecule has 0 amide bonds. The predicted octanol–water partition coefficient (Wildman–Crippen LogP) is 2.90. The molecule has 1 aliphatic rings. The molecule has 1 nitrogen and oxygen atoms in total. The van der Waals surface area contributed by atoms with Gasteiger partial charge in [0.25, 0.3) is 0 Å². The summed E-state index contributed by atoms with van der Waals surface area (Å²) in [5.41, 5.74) is 4.14. The van der Waals surface area contributed by atoms with E-state index in [2.05, 4.69) is 18.0 Å². The van der Waals surface area contributed by atoms with E-state index in [1.54, 1.807) is 0 Å². The molecule has 1 aromatic heterocycles. The average Bonchev–Trinajstić information content (AvgIpc) is 2.54. The Labute approximate surface area is 74.8 Å². The molecule has 0 radical (unpaired) electrons. The maximum absolute atomic E-state index is 4.25. The maximum atomic E-state index is 4.25. The smallest absolute Gasteiger partial charge is 0.0375 e. The van der Waals surface area contributed by atoms with Crippen LogP contribution >= 0.6 is 0 Å². The third-order valence-corrected chi connectivity index (χ3v) is 2.11. The van der Waals surface area contributed by atoms with E-state index in [1.807, 2.05) is 20.0 Å². The van der Waals surface area contributed by atoms with E-state index >= 15 is 0 Å². The van der Waals surface area contributed by atoms with Gasteiger partial charge in [-0.05, 0) is 43.4 Å². The molecule has 12 heavy (non-hydrogen) atoms. The van der Waals surface area contributed by atoms with Crippen LogP contribution in [0.25, 0.3) is 0 Å². The van der Waals surface area contributed by atoms with Gasteiger partial charge in [0.05, 0.1) is 0 Å². The van der Waals surface area contributed by atoms with Crippen molar-refractivity contribution in [3.63, 3.8) is 0 Å². The van der Waals surface area contributed by atoms with E-state index in [0.717, 1.165) is 5.69 Å². The van der Waals surface area contributed by atoms with Crippen LogP contribution in [0.1, 0.15) is 37.1 Å². The Hall–Kier alpha value is -0.850. The van der Waals surface area contributed by atoms with Crippen molar-refractivity contribution in [2.45, 2.75) is 40.0 Å². The van der Waals surface area contributed by atoms with Crippen molar-refractivity contribution < 1.29 is 0 Å².